The van der Waals surface area contributed by atoms with Gasteiger partial charge in [0.1, 0.15) is 84.3 Å². The molecule has 1 aromatic carbocycles. The lowest BCUT2D eigenvalue weighted by Crippen LogP contribution is -2.61. The Labute approximate surface area is 687 Å². The van der Waals surface area contributed by atoms with Gasteiger partial charge in [-0.15, -0.1) is 0 Å². The molecule has 0 saturated carbocycles. The number of carbonyl (C=O) groups excluding carboxylic acids is 14. The number of phenols is 1. The minimum atomic E-state index is -1.65. The molecule has 4 fully saturated rings. The molecule has 37 nitrogen and oxygen atoms in total. The van der Waals surface area contributed by atoms with Gasteiger partial charge < -0.3 is 111 Å². The van der Waals surface area contributed by atoms with E-state index in [2.05, 4.69) is 70.4 Å². The molecule has 39 heteroatoms. The Morgan fingerprint density at radius 3 is 1.40 bits per heavy atom. The van der Waals surface area contributed by atoms with E-state index in [9.17, 15) is 72.5 Å². The molecule has 4 saturated heterocycles. The third-order valence-electron chi connectivity index (χ3n) is 21.6. The van der Waals surface area contributed by atoms with Crippen molar-refractivity contribution < 1.29 is 82.1 Å². The predicted octanol–water partition coefficient (Wildman–Crippen LogP) is -2.32. The van der Waals surface area contributed by atoms with Crippen LogP contribution in [0.4, 0.5) is 0 Å². The Bertz CT molecular complexity index is 3640. The average Bonchev–Trinajstić information content (AvgIpc) is 1.62. The normalized spacial score (nSPS) is 19.5. The van der Waals surface area contributed by atoms with Gasteiger partial charge in [-0.1, -0.05) is 46.2 Å². The Morgan fingerprint density at radius 1 is 0.526 bits per heavy atom. The van der Waals surface area contributed by atoms with E-state index < -0.39 is 180 Å². The molecule has 646 valence electrons. The number of carboxylic acid groups (broad SMARTS) is 1. The molecule has 0 bridgehead atoms. The number of nitrogens with two attached hydrogens (primary N) is 5. The highest BCUT2D eigenvalue weighted by molar-refractivity contribution is 7.98. The molecule has 116 heavy (non-hydrogen) atoms. The molecule has 2 aromatic rings. The lowest BCUT2D eigenvalue weighted by molar-refractivity contribution is -0.145. The number of carboxylic acids is 1. The topological polar surface area (TPSA) is 577 Å². The first-order valence-corrected chi connectivity index (χ1v) is 42.6. The number of primary amides is 1. The largest absolute Gasteiger partial charge is 0.508 e. The van der Waals surface area contributed by atoms with Gasteiger partial charge in [-0.05, 0) is 183 Å². The number of aromatic amines is 1. The summed E-state index contributed by atoms with van der Waals surface area (Å²) in [6.07, 6.45) is 9.56. The van der Waals surface area contributed by atoms with Crippen LogP contribution < -0.4 is 76.5 Å². The van der Waals surface area contributed by atoms with Gasteiger partial charge in [0.2, 0.25) is 82.7 Å². The van der Waals surface area contributed by atoms with Crippen LogP contribution in [0.25, 0.3) is 0 Å². The number of carbonyl (C=O) groups is 15. The van der Waals surface area contributed by atoms with Gasteiger partial charge in [-0.2, -0.15) is 24.4 Å². The standard InChI is InChI=1S/C77H124N20O17S2/c1-6-45(4)63(72(108)89-54(38-46-24-26-48(98)27-25-46)67(103)88-53(37-44(2)3)66(102)90-56(40-62(82)99)76(112)96-34-15-22-60(96)70(106)92-57(42-115)77(113)114)93-71(107)61-23-16-35-97(61)75(111)55(39-47-41-83-43-84-47)91-69(105)59-21-14-33-95(59)74(110)52(19-9-12-31-80)87-65(101)50(17-7-10-29-78)85-64(100)51(18-8-11-30-79)86-68(104)58-20-13-32-94(58)73(109)49(81)28-36-116-5/h24-27,41,43-45,49-61,63,98,115H,6-23,28-40,42,78-81H2,1-5H3,(H2,82,99)(H,83,84)(H,85,100)(H,86,104)(H,87,101)(H,88,103)(H,89,108)(H,90,102)(H,91,105)(H,92,106)(H,93,107)(H,113,114)/t45-,49-,50-,51-,52-,53-,54-,55-,56-,57-,58-,59-,60-,61-,63-/m0/s1. The van der Waals surface area contributed by atoms with Crippen LogP contribution in [0.3, 0.4) is 0 Å². The van der Waals surface area contributed by atoms with Crippen LogP contribution >= 0.6 is 24.4 Å². The maximum Gasteiger partial charge on any atom is 0.327 e. The van der Waals surface area contributed by atoms with Crippen molar-refractivity contribution in [2.45, 2.75) is 260 Å². The molecule has 0 spiro atoms. The van der Waals surface area contributed by atoms with Crippen LogP contribution in [0, 0.1) is 11.8 Å². The van der Waals surface area contributed by atoms with E-state index in [-0.39, 0.29) is 114 Å². The second kappa shape index (κ2) is 48.5. The summed E-state index contributed by atoms with van der Waals surface area (Å²) in [5.41, 5.74) is 30.4. The van der Waals surface area contributed by atoms with Crippen molar-refractivity contribution in [3.8, 4) is 5.75 Å². The van der Waals surface area contributed by atoms with Crippen molar-refractivity contribution in [2.75, 3.05) is 63.6 Å². The van der Waals surface area contributed by atoms with Gasteiger partial charge >= 0.3 is 5.97 Å². The number of likely N-dealkylation sites (tertiary alicyclic amines) is 4. The number of aromatic hydroxyl groups is 1. The highest BCUT2D eigenvalue weighted by atomic mass is 32.2. The number of rotatable bonds is 49. The summed E-state index contributed by atoms with van der Waals surface area (Å²) in [5, 5.41) is 44.5. The van der Waals surface area contributed by atoms with Gasteiger partial charge in [-0.25, -0.2) is 9.78 Å². The minimum Gasteiger partial charge on any atom is -0.508 e. The number of amides is 14. The number of imidazole rings is 1. The Balaban J connectivity index is 1.19. The Morgan fingerprint density at radius 2 is 0.940 bits per heavy atom. The first kappa shape index (κ1) is 95.7. The van der Waals surface area contributed by atoms with E-state index in [1.807, 2.05) is 6.26 Å². The SMILES string of the molecule is CC[C@H](C)[C@H](NC(=O)[C@@H]1CCCN1C(=O)[C@H](Cc1cnc[nH]1)NC(=O)[C@@H]1CCCN1C(=O)[C@H](CCCCN)NC(=O)[C@H](CCCCN)NC(=O)[C@H](CCCCN)NC(=O)[C@@H]1CCCN1C(=O)[C@@H](N)CCSC)C(=O)N[C@@H](Cc1ccc(O)cc1)C(=O)N[C@@H](CC(C)C)C(=O)N[C@@H](CC(N)=O)C(=O)N1CCC[C@H]1C(=O)N[C@@H](CS)C(=O)O. The number of aromatic nitrogens is 2. The van der Waals surface area contributed by atoms with Gasteiger partial charge in [0, 0.05) is 56.7 Å². The molecule has 6 rings (SSSR count). The van der Waals surface area contributed by atoms with Crippen molar-refractivity contribution in [3.63, 3.8) is 0 Å². The molecule has 1 aromatic heterocycles. The lowest BCUT2D eigenvalue weighted by Gasteiger charge is -2.33. The van der Waals surface area contributed by atoms with E-state index in [1.165, 1.54) is 51.5 Å². The summed E-state index contributed by atoms with van der Waals surface area (Å²) in [7, 11) is 0. The van der Waals surface area contributed by atoms with Crippen molar-refractivity contribution in [3.05, 3.63) is 48.0 Å². The van der Waals surface area contributed by atoms with E-state index in [0.29, 0.717) is 114 Å². The summed E-state index contributed by atoms with van der Waals surface area (Å²) < 4.78 is 0. The first-order valence-electron chi connectivity index (χ1n) is 40.6. The quantitative estimate of drug-likeness (QED) is 0.0244. The molecule has 4 aliphatic heterocycles. The second-order valence-electron chi connectivity index (χ2n) is 30.8. The molecule has 0 radical (unpaired) electrons. The van der Waals surface area contributed by atoms with Gasteiger partial charge in [0.05, 0.1) is 18.8 Å². The van der Waals surface area contributed by atoms with Crippen LogP contribution in [0.15, 0.2) is 36.8 Å². The van der Waals surface area contributed by atoms with Crippen molar-refractivity contribution in [1.29, 1.82) is 0 Å². The van der Waals surface area contributed by atoms with Crippen LogP contribution in [-0.4, -0.2) is 277 Å². The number of nitrogens with one attached hydrogen (secondary N) is 10. The number of nitrogens with zero attached hydrogens (tertiary/aromatic N) is 5. The zero-order valence-electron chi connectivity index (χ0n) is 67.3. The van der Waals surface area contributed by atoms with E-state index in [0.717, 1.165) is 4.90 Å². The highest BCUT2D eigenvalue weighted by Crippen LogP contribution is 2.27. The maximum atomic E-state index is 15.2. The van der Waals surface area contributed by atoms with Gasteiger partial charge in [-0.3, -0.25) is 67.1 Å². The number of H-pyrrole nitrogens is 1. The van der Waals surface area contributed by atoms with Crippen LogP contribution in [0.2, 0.25) is 0 Å². The number of aliphatic carboxylic acids is 1. The summed E-state index contributed by atoms with van der Waals surface area (Å²) in [6.45, 7) is 8.25. The van der Waals surface area contributed by atoms with E-state index in [4.69, 9.17) is 28.7 Å². The Kier molecular flexibility index (Phi) is 40.0. The fraction of sp³-hybridized carbons (Fsp3) is 0.688. The summed E-state index contributed by atoms with van der Waals surface area (Å²) >= 11 is 5.55. The monoisotopic (exact) mass is 1660 g/mol. The molecular formula is C77H124N20O17S2. The molecule has 0 unspecified atom stereocenters. The molecule has 14 amide bonds. The molecule has 5 heterocycles. The predicted molar refractivity (Wildman–Crippen MR) is 434 cm³/mol. The van der Waals surface area contributed by atoms with Crippen molar-refractivity contribution in [2.24, 2.45) is 40.5 Å². The first-order chi connectivity index (χ1) is 55.4. The maximum absolute atomic E-state index is 15.2. The number of phenolic OH excluding ortho intramolecular Hbond substituents is 1. The third-order valence-corrected chi connectivity index (χ3v) is 22.6. The molecule has 22 N–H and O–H groups in total. The van der Waals surface area contributed by atoms with Gasteiger partial charge in [0.25, 0.3) is 0 Å². The van der Waals surface area contributed by atoms with E-state index >= 15 is 9.59 Å². The smallest absolute Gasteiger partial charge is 0.327 e. The molecule has 0 aliphatic carbocycles. The second-order valence-corrected chi connectivity index (χ2v) is 32.2. The van der Waals surface area contributed by atoms with Crippen molar-refractivity contribution >= 4 is 113 Å². The number of thioether (sulfide) groups is 1. The number of thiol groups is 1. The molecule has 4 aliphatic rings. The Hall–Kier alpha value is -9.18. The number of unbranched alkanes of at least 4 members (excludes halogenated alkanes) is 3. The highest BCUT2D eigenvalue weighted by Gasteiger charge is 2.46. The molecular weight excluding hydrogens is 1540 g/mol. The summed E-state index contributed by atoms with van der Waals surface area (Å²) in [6, 6.07) is -11.8. The van der Waals surface area contributed by atoms with Crippen LogP contribution in [-0.2, 0) is 84.8 Å². The average molecular weight is 1670 g/mol. The van der Waals surface area contributed by atoms with Crippen LogP contribution in [0.5, 0.6) is 5.75 Å². The fourth-order valence-electron chi connectivity index (χ4n) is 15.0. The zero-order chi connectivity index (χ0) is 85.3. The minimum absolute atomic E-state index is 0.00472. The number of hydrogen-bond acceptors (Lipinski definition) is 23. The fourth-order valence-corrected chi connectivity index (χ4v) is 15.7. The lowest BCUT2D eigenvalue weighted by atomic mass is 9.96. The van der Waals surface area contributed by atoms with Crippen LogP contribution in [0.1, 0.15) is 174 Å². The molecule has 15 atom stereocenters. The van der Waals surface area contributed by atoms with E-state index in [1.54, 1.807) is 39.5 Å². The van der Waals surface area contributed by atoms with Gasteiger partial charge in [0.15, 0.2) is 0 Å². The zero-order valence-corrected chi connectivity index (χ0v) is 69.0. The number of hydrogen-bond donors (Lipinski definition) is 18. The summed E-state index contributed by atoms with van der Waals surface area (Å²) in [5.74, 6) is -12.4. The van der Waals surface area contributed by atoms with Crippen molar-refractivity contribution in [1.82, 2.24) is 77.4 Å². The number of benzene rings is 1. The summed E-state index contributed by atoms with van der Waals surface area (Å²) in [4.78, 5) is 225. The third kappa shape index (κ3) is 28.6.